The van der Waals surface area contributed by atoms with E-state index in [2.05, 4.69) is 9.88 Å². The summed E-state index contributed by atoms with van der Waals surface area (Å²) >= 11 is 0. The lowest BCUT2D eigenvalue weighted by Crippen LogP contribution is -2.51. The first-order chi connectivity index (χ1) is 10.2. The van der Waals surface area contributed by atoms with Crippen LogP contribution in [0, 0.1) is 0 Å². The highest BCUT2D eigenvalue weighted by molar-refractivity contribution is 5.85. The van der Waals surface area contributed by atoms with Gasteiger partial charge in [-0.2, -0.15) is 0 Å². The fourth-order valence-electron chi connectivity index (χ4n) is 2.67. The highest BCUT2D eigenvalue weighted by Gasteiger charge is 2.31. The zero-order valence-corrected chi connectivity index (χ0v) is 13.9. The molecule has 0 saturated heterocycles. The summed E-state index contributed by atoms with van der Waals surface area (Å²) in [6.07, 6.45) is 1.46. The minimum atomic E-state index is -0.612. The summed E-state index contributed by atoms with van der Waals surface area (Å²) in [6.45, 7) is 10.5. The Morgan fingerprint density at radius 2 is 2.05 bits per heavy atom. The number of carbonyl (C=O) groups excluding carboxylic acids is 2. The molecule has 0 saturated carbocycles. The van der Waals surface area contributed by atoms with E-state index in [0.29, 0.717) is 6.54 Å². The van der Waals surface area contributed by atoms with Gasteiger partial charge in [-0.25, -0.2) is 4.79 Å². The first kappa shape index (κ1) is 16.4. The van der Waals surface area contributed by atoms with Crippen LogP contribution in [0.1, 0.15) is 46.4 Å². The predicted octanol–water partition coefficient (Wildman–Crippen LogP) is 2.30. The van der Waals surface area contributed by atoms with Crippen LogP contribution in [-0.4, -0.2) is 39.7 Å². The zero-order valence-electron chi connectivity index (χ0n) is 13.9. The van der Waals surface area contributed by atoms with Gasteiger partial charge in [-0.1, -0.05) is 0 Å². The van der Waals surface area contributed by atoms with Gasteiger partial charge >= 0.3 is 6.09 Å². The van der Waals surface area contributed by atoms with Crippen LogP contribution in [0.5, 0.6) is 0 Å². The number of hydrogen-bond donors (Lipinski definition) is 1. The standard InChI is InChI=1S/C16H25N3O3/c1-11(17-15(21)22-16(3,4)5)14(20)19-10-9-18-8-6-7-13(18)12(19)2/h6-8,11-12H,9-10H2,1-5H3,(H,17,21)/t11-,12?/m1/s1. The van der Waals surface area contributed by atoms with Gasteiger partial charge in [0.15, 0.2) is 0 Å². The number of carbonyl (C=O) groups is 2. The van der Waals surface area contributed by atoms with Crippen molar-refractivity contribution in [2.45, 2.75) is 58.8 Å². The number of amides is 2. The lowest BCUT2D eigenvalue weighted by Gasteiger charge is -2.36. The van der Waals surface area contributed by atoms with Gasteiger partial charge in [-0.3, -0.25) is 4.79 Å². The lowest BCUT2D eigenvalue weighted by molar-refractivity contribution is -0.136. The van der Waals surface area contributed by atoms with Crippen molar-refractivity contribution in [3.05, 3.63) is 24.0 Å². The Morgan fingerprint density at radius 1 is 1.36 bits per heavy atom. The quantitative estimate of drug-likeness (QED) is 0.912. The average molecular weight is 307 g/mol. The summed E-state index contributed by atoms with van der Waals surface area (Å²) in [5, 5.41) is 2.61. The molecule has 1 aromatic rings. The molecule has 6 heteroatoms. The third kappa shape index (κ3) is 3.61. The van der Waals surface area contributed by atoms with E-state index in [1.807, 2.05) is 25.3 Å². The summed E-state index contributed by atoms with van der Waals surface area (Å²) in [5.41, 5.74) is 0.538. The minimum Gasteiger partial charge on any atom is -0.444 e. The first-order valence-electron chi connectivity index (χ1n) is 7.64. The van der Waals surface area contributed by atoms with Crippen molar-refractivity contribution in [3.8, 4) is 0 Å². The van der Waals surface area contributed by atoms with Crippen molar-refractivity contribution < 1.29 is 14.3 Å². The molecule has 6 nitrogen and oxygen atoms in total. The Labute approximate surface area is 131 Å². The Morgan fingerprint density at radius 3 is 2.68 bits per heavy atom. The molecule has 0 spiro atoms. The smallest absolute Gasteiger partial charge is 0.408 e. The van der Waals surface area contributed by atoms with E-state index in [4.69, 9.17) is 4.74 Å². The zero-order chi connectivity index (χ0) is 16.5. The minimum absolute atomic E-state index is 0.000800. The van der Waals surface area contributed by atoms with Crippen LogP contribution < -0.4 is 5.32 Å². The molecule has 2 atom stereocenters. The molecule has 0 fully saturated rings. The van der Waals surface area contributed by atoms with Crippen molar-refractivity contribution in [1.29, 1.82) is 0 Å². The SMILES string of the molecule is CC1c2cccn2CCN1C(=O)[C@@H](C)NC(=O)OC(C)(C)C. The van der Waals surface area contributed by atoms with Gasteiger partial charge < -0.3 is 19.5 Å². The molecule has 2 rings (SSSR count). The number of nitrogens with one attached hydrogen (secondary N) is 1. The molecule has 1 aromatic heterocycles. The fraction of sp³-hybridized carbons (Fsp3) is 0.625. The molecule has 0 aliphatic carbocycles. The Kier molecular flexibility index (Phi) is 4.49. The number of alkyl carbamates (subject to hydrolysis) is 1. The second-order valence-corrected chi connectivity index (χ2v) is 6.70. The van der Waals surface area contributed by atoms with E-state index in [0.717, 1.165) is 12.2 Å². The second kappa shape index (κ2) is 6.02. The molecular formula is C16H25N3O3. The Bertz CT molecular complexity index is 559. The molecule has 0 radical (unpaired) electrons. The van der Waals surface area contributed by atoms with Crippen molar-refractivity contribution in [3.63, 3.8) is 0 Å². The normalized spacial score (nSPS) is 19.3. The van der Waals surface area contributed by atoms with Gasteiger partial charge in [0.05, 0.1) is 6.04 Å². The molecular weight excluding hydrogens is 282 g/mol. The van der Waals surface area contributed by atoms with E-state index in [1.54, 1.807) is 32.6 Å². The van der Waals surface area contributed by atoms with E-state index >= 15 is 0 Å². The predicted molar refractivity (Wildman–Crippen MR) is 83.4 cm³/mol. The molecule has 1 N–H and O–H groups in total. The Balaban J connectivity index is 1.98. The third-order valence-electron chi connectivity index (χ3n) is 3.73. The molecule has 122 valence electrons. The van der Waals surface area contributed by atoms with Gasteiger partial charge in [-0.05, 0) is 46.8 Å². The third-order valence-corrected chi connectivity index (χ3v) is 3.73. The number of fused-ring (bicyclic) bond motifs is 1. The van der Waals surface area contributed by atoms with Crippen molar-refractivity contribution in [1.82, 2.24) is 14.8 Å². The second-order valence-electron chi connectivity index (χ2n) is 6.70. The molecule has 1 aliphatic rings. The van der Waals surface area contributed by atoms with Gasteiger partial charge in [0.2, 0.25) is 5.91 Å². The maximum atomic E-state index is 12.6. The van der Waals surface area contributed by atoms with Gasteiger partial charge in [0.1, 0.15) is 11.6 Å². The maximum Gasteiger partial charge on any atom is 0.408 e. The van der Waals surface area contributed by atoms with E-state index < -0.39 is 17.7 Å². The molecule has 2 amide bonds. The Hall–Kier alpha value is -1.98. The van der Waals surface area contributed by atoms with Crippen LogP contribution in [0.4, 0.5) is 4.79 Å². The van der Waals surface area contributed by atoms with Crippen LogP contribution in [0.3, 0.4) is 0 Å². The summed E-state index contributed by atoms with van der Waals surface area (Å²) in [7, 11) is 0. The van der Waals surface area contributed by atoms with E-state index in [1.165, 1.54) is 0 Å². The molecule has 0 bridgehead atoms. The van der Waals surface area contributed by atoms with Crippen molar-refractivity contribution in [2.75, 3.05) is 6.54 Å². The van der Waals surface area contributed by atoms with Crippen LogP contribution in [0.2, 0.25) is 0 Å². The highest BCUT2D eigenvalue weighted by atomic mass is 16.6. The summed E-state index contributed by atoms with van der Waals surface area (Å²) in [4.78, 5) is 26.2. The fourth-order valence-corrected chi connectivity index (χ4v) is 2.67. The topological polar surface area (TPSA) is 63.6 Å². The van der Waals surface area contributed by atoms with Crippen LogP contribution in [0.25, 0.3) is 0 Å². The molecule has 2 heterocycles. The number of hydrogen-bond acceptors (Lipinski definition) is 3. The van der Waals surface area contributed by atoms with E-state index in [-0.39, 0.29) is 11.9 Å². The molecule has 0 aromatic carbocycles. The first-order valence-corrected chi connectivity index (χ1v) is 7.64. The largest absolute Gasteiger partial charge is 0.444 e. The van der Waals surface area contributed by atoms with Crippen molar-refractivity contribution >= 4 is 12.0 Å². The number of rotatable bonds is 2. The van der Waals surface area contributed by atoms with Gasteiger partial charge in [0, 0.05) is 25.0 Å². The summed E-state index contributed by atoms with van der Waals surface area (Å²) in [6, 6.07) is 3.40. The van der Waals surface area contributed by atoms with Crippen LogP contribution in [0.15, 0.2) is 18.3 Å². The van der Waals surface area contributed by atoms with Crippen LogP contribution >= 0.6 is 0 Å². The number of aromatic nitrogens is 1. The monoisotopic (exact) mass is 307 g/mol. The molecule has 22 heavy (non-hydrogen) atoms. The van der Waals surface area contributed by atoms with Gasteiger partial charge in [-0.15, -0.1) is 0 Å². The number of ether oxygens (including phenoxy) is 1. The van der Waals surface area contributed by atoms with Crippen molar-refractivity contribution in [2.24, 2.45) is 0 Å². The molecule has 1 unspecified atom stereocenters. The van der Waals surface area contributed by atoms with Gasteiger partial charge in [0.25, 0.3) is 0 Å². The van der Waals surface area contributed by atoms with E-state index in [9.17, 15) is 9.59 Å². The molecule has 1 aliphatic heterocycles. The highest BCUT2D eigenvalue weighted by Crippen LogP contribution is 2.25. The number of nitrogens with zero attached hydrogens (tertiary/aromatic N) is 2. The lowest BCUT2D eigenvalue weighted by atomic mass is 10.1. The summed E-state index contributed by atoms with van der Waals surface area (Å²) in [5.74, 6) is -0.0918. The summed E-state index contributed by atoms with van der Waals surface area (Å²) < 4.78 is 7.34. The maximum absolute atomic E-state index is 12.6. The average Bonchev–Trinajstić information content (AvgIpc) is 2.85. The van der Waals surface area contributed by atoms with Crippen LogP contribution in [-0.2, 0) is 16.1 Å².